The van der Waals surface area contributed by atoms with Crippen molar-refractivity contribution in [3.05, 3.63) is 53.0 Å². The van der Waals surface area contributed by atoms with E-state index in [1.54, 1.807) is 0 Å². The van der Waals surface area contributed by atoms with Crippen LogP contribution in [0.4, 0.5) is 5.69 Å². The summed E-state index contributed by atoms with van der Waals surface area (Å²) in [5.41, 5.74) is 6.84. The fourth-order valence-corrected chi connectivity index (χ4v) is 5.76. The maximum absolute atomic E-state index is 4.89. The highest BCUT2D eigenvalue weighted by molar-refractivity contribution is 5.76. The van der Waals surface area contributed by atoms with Crippen molar-refractivity contribution in [3.8, 4) is 0 Å². The molecule has 1 aliphatic carbocycles. The van der Waals surface area contributed by atoms with E-state index >= 15 is 0 Å². The molecule has 1 aromatic carbocycles. The van der Waals surface area contributed by atoms with E-state index in [-0.39, 0.29) is 0 Å². The van der Waals surface area contributed by atoms with Gasteiger partial charge in [0.05, 0.1) is 6.54 Å². The number of nitrogens with zero attached hydrogens (tertiary/aromatic N) is 4. The van der Waals surface area contributed by atoms with Crippen LogP contribution in [0.25, 0.3) is 11.2 Å². The number of aryl methyl sites for hydroxylation is 3. The molecule has 2 N–H and O–H groups in total. The summed E-state index contributed by atoms with van der Waals surface area (Å²) in [4.78, 5) is 12.4. The summed E-state index contributed by atoms with van der Waals surface area (Å²) < 4.78 is 2.29. The summed E-state index contributed by atoms with van der Waals surface area (Å²) in [7, 11) is 0. The van der Waals surface area contributed by atoms with Crippen LogP contribution in [-0.4, -0.2) is 58.2 Å². The van der Waals surface area contributed by atoms with Gasteiger partial charge in [-0.05, 0) is 74.8 Å². The summed E-state index contributed by atoms with van der Waals surface area (Å²) in [5.74, 6) is 1.98. The molecule has 3 aromatic rings. The van der Waals surface area contributed by atoms with E-state index in [0.717, 1.165) is 54.7 Å². The maximum atomic E-state index is 4.89. The molecule has 5 rings (SSSR count). The minimum Gasteiger partial charge on any atom is -0.382 e. The predicted octanol–water partition coefficient (Wildman–Crippen LogP) is 4.53. The Hall–Kier alpha value is -2.44. The first kappa shape index (κ1) is 23.3. The molecular weight excluding hydrogens is 420 g/mol. The number of fused-ring (bicyclic) bond motifs is 1. The topological polar surface area (TPSA) is 58.0 Å². The third kappa shape index (κ3) is 5.28. The average Bonchev–Trinajstić information content (AvgIpc) is 3.20. The molecule has 1 aliphatic heterocycles. The largest absolute Gasteiger partial charge is 0.382 e. The Morgan fingerprint density at radius 3 is 2.44 bits per heavy atom. The first-order valence-electron chi connectivity index (χ1n) is 13.2. The number of hydrogen-bond donors (Lipinski definition) is 2. The summed E-state index contributed by atoms with van der Waals surface area (Å²) >= 11 is 0. The quantitative estimate of drug-likeness (QED) is 0.542. The van der Waals surface area contributed by atoms with Crippen LogP contribution in [0.3, 0.4) is 0 Å². The number of piperazine rings is 1. The van der Waals surface area contributed by atoms with Gasteiger partial charge in [-0.3, -0.25) is 0 Å². The molecule has 2 aromatic heterocycles. The highest BCUT2D eigenvalue weighted by Crippen LogP contribution is 2.28. The van der Waals surface area contributed by atoms with Crippen molar-refractivity contribution >= 4 is 16.9 Å². The Balaban J connectivity index is 1.18. The number of imidazole rings is 1. The molecule has 1 saturated carbocycles. The van der Waals surface area contributed by atoms with Crippen LogP contribution < -0.4 is 10.6 Å². The minimum atomic E-state index is 0.601. The lowest BCUT2D eigenvalue weighted by Gasteiger charge is -2.35. The number of hydrogen-bond acceptors (Lipinski definition) is 5. The zero-order valence-electron chi connectivity index (χ0n) is 21.1. The van der Waals surface area contributed by atoms with Gasteiger partial charge in [-0.1, -0.05) is 19.1 Å². The zero-order chi connectivity index (χ0) is 23.5. The van der Waals surface area contributed by atoms with E-state index in [9.17, 15) is 0 Å². The van der Waals surface area contributed by atoms with Gasteiger partial charge in [0.25, 0.3) is 0 Å². The van der Waals surface area contributed by atoms with Gasteiger partial charge in [-0.25, -0.2) is 9.97 Å². The highest BCUT2D eigenvalue weighted by Gasteiger charge is 2.23. The van der Waals surface area contributed by atoms with Crippen molar-refractivity contribution in [2.75, 3.05) is 38.0 Å². The summed E-state index contributed by atoms with van der Waals surface area (Å²) in [6.07, 6.45) is 6.16. The number of rotatable bonds is 7. The Bertz CT molecular complexity index is 1090. The van der Waals surface area contributed by atoms with Gasteiger partial charge < -0.3 is 20.1 Å². The van der Waals surface area contributed by atoms with Crippen LogP contribution in [-0.2, 0) is 13.0 Å². The number of anilines is 1. The first-order chi connectivity index (χ1) is 16.6. The third-order valence-corrected chi connectivity index (χ3v) is 7.66. The van der Waals surface area contributed by atoms with Gasteiger partial charge in [-0.15, -0.1) is 0 Å². The van der Waals surface area contributed by atoms with Gasteiger partial charge in [0.1, 0.15) is 11.3 Å². The molecular formula is C28H40N6. The molecule has 0 unspecified atom stereocenters. The van der Waals surface area contributed by atoms with Crippen LogP contribution in [0.15, 0.2) is 30.3 Å². The highest BCUT2D eigenvalue weighted by atomic mass is 15.2. The van der Waals surface area contributed by atoms with Crippen molar-refractivity contribution < 1.29 is 0 Å². The first-order valence-corrected chi connectivity index (χ1v) is 13.2. The van der Waals surface area contributed by atoms with E-state index in [2.05, 4.69) is 71.2 Å². The zero-order valence-corrected chi connectivity index (χ0v) is 21.1. The van der Waals surface area contributed by atoms with Crippen molar-refractivity contribution in [2.45, 2.75) is 65.5 Å². The molecule has 6 heteroatoms. The Labute approximate surface area is 204 Å². The number of benzene rings is 1. The molecule has 2 fully saturated rings. The SMILES string of the molecule is CCc1nc2c(C)cc(C)nc2n1Cc1ccc(NC2CCC(CN3CCNCC3)CC2)cc1. The van der Waals surface area contributed by atoms with Crippen LogP contribution >= 0.6 is 0 Å². The van der Waals surface area contributed by atoms with Crippen LogP contribution in [0.5, 0.6) is 0 Å². The van der Waals surface area contributed by atoms with Gasteiger partial charge in [0.2, 0.25) is 0 Å². The molecule has 182 valence electrons. The number of aromatic nitrogens is 3. The molecule has 3 heterocycles. The van der Waals surface area contributed by atoms with Gasteiger partial charge in [0, 0.05) is 56.6 Å². The fourth-order valence-electron chi connectivity index (χ4n) is 5.76. The normalized spacial score (nSPS) is 21.7. The lowest BCUT2D eigenvalue weighted by molar-refractivity contribution is 0.179. The molecule has 6 nitrogen and oxygen atoms in total. The second kappa shape index (κ2) is 10.4. The summed E-state index contributed by atoms with van der Waals surface area (Å²) in [5, 5.41) is 7.26. The molecule has 0 radical (unpaired) electrons. The molecule has 0 bridgehead atoms. The molecule has 0 spiro atoms. The number of pyridine rings is 1. The molecule has 0 amide bonds. The second-order valence-corrected chi connectivity index (χ2v) is 10.3. The lowest BCUT2D eigenvalue weighted by atomic mass is 9.85. The average molecular weight is 461 g/mol. The van der Waals surface area contributed by atoms with Crippen molar-refractivity contribution in [2.24, 2.45) is 5.92 Å². The van der Waals surface area contributed by atoms with Crippen LogP contribution in [0.2, 0.25) is 0 Å². The second-order valence-electron chi connectivity index (χ2n) is 10.3. The summed E-state index contributed by atoms with van der Waals surface area (Å²) in [6.45, 7) is 13.2. The smallest absolute Gasteiger partial charge is 0.160 e. The molecule has 1 saturated heterocycles. The fraction of sp³-hybridized carbons (Fsp3) is 0.571. The van der Waals surface area contributed by atoms with Crippen LogP contribution in [0.1, 0.15) is 55.3 Å². The number of nitrogens with one attached hydrogen (secondary N) is 2. The molecule has 2 aliphatic rings. The van der Waals surface area contributed by atoms with Crippen molar-refractivity contribution in [3.63, 3.8) is 0 Å². The lowest BCUT2D eigenvalue weighted by Crippen LogP contribution is -2.45. The van der Waals surface area contributed by atoms with E-state index in [1.807, 2.05) is 0 Å². The third-order valence-electron chi connectivity index (χ3n) is 7.66. The van der Waals surface area contributed by atoms with E-state index in [4.69, 9.17) is 9.97 Å². The maximum Gasteiger partial charge on any atom is 0.160 e. The molecule has 34 heavy (non-hydrogen) atoms. The minimum absolute atomic E-state index is 0.601. The van der Waals surface area contributed by atoms with Crippen molar-refractivity contribution in [1.29, 1.82) is 0 Å². The van der Waals surface area contributed by atoms with Gasteiger partial charge in [0.15, 0.2) is 5.65 Å². The van der Waals surface area contributed by atoms with Crippen LogP contribution in [0, 0.1) is 19.8 Å². The van der Waals surface area contributed by atoms with Gasteiger partial charge in [-0.2, -0.15) is 0 Å². The molecule has 0 atom stereocenters. The van der Waals surface area contributed by atoms with E-state index in [1.165, 1.54) is 62.1 Å². The Morgan fingerprint density at radius 2 is 1.74 bits per heavy atom. The van der Waals surface area contributed by atoms with E-state index < -0.39 is 0 Å². The monoisotopic (exact) mass is 460 g/mol. The Kier molecular flexibility index (Phi) is 7.16. The van der Waals surface area contributed by atoms with Gasteiger partial charge >= 0.3 is 0 Å². The van der Waals surface area contributed by atoms with E-state index in [0.29, 0.717) is 6.04 Å². The van der Waals surface area contributed by atoms with Crippen molar-refractivity contribution in [1.82, 2.24) is 24.8 Å². The summed E-state index contributed by atoms with van der Waals surface area (Å²) in [6, 6.07) is 11.7. The standard InChI is InChI=1S/C28H40N6/c1-4-26-32-27-20(2)17-21(3)30-28(27)34(26)19-23-7-11-25(12-8-23)31-24-9-5-22(6-10-24)18-33-15-13-29-14-16-33/h7-8,11-12,17,22,24,29,31H,4-6,9-10,13-16,18-19H2,1-3H3. The Morgan fingerprint density at radius 1 is 1.00 bits per heavy atom. The predicted molar refractivity (Wildman–Crippen MR) is 141 cm³/mol.